The molecule has 4 nitrogen and oxygen atoms in total. The first kappa shape index (κ1) is 13.4. The van der Waals surface area contributed by atoms with Crippen molar-refractivity contribution >= 4 is 5.91 Å². The van der Waals surface area contributed by atoms with Gasteiger partial charge in [-0.2, -0.15) is 0 Å². The summed E-state index contributed by atoms with van der Waals surface area (Å²) in [5, 5.41) is 7.34. The molecule has 1 N–H and O–H groups in total. The van der Waals surface area contributed by atoms with E-state index >= 15 is 0 Å². The van der Waals surface area contributed by atoms with Crippen molar-refractivity contribution in [3.8, 4) is 0 Å². The van der Waals surface area contributed by atoms with Crippen LogP contribution in [0.1, 0.15) is 60.8 Å². The molecule has 0 saturated heterocycles. The van der Waals surface area contributed by atoms with Gasteiger partial charge in [0.2, 0.25) is 0 Å². The van der Waals surface area contributed by atoms with Gasteiger partial charge in [0.15, 0.2) is 0 Å². The lowest BCUT2D eigenvalue weighted by atomic mass is 9.54. The summed E-state index contributed by atoms with van der Waals surface area (Å²) < 4.78 is 5.20. The van der Waals surface area contributed by atoms with Crippen molar-refractivity contribution in [3.63, 3.8) is 0 Å². The Balaban J connectivity index is 1.53. The molecule has 4 heteroatoms. The Morgan fingerprint density at radius 3 is 2.38 bits per heavy atom. The number of rotatable bonds is 3. The van der Waals surface area contributed by atoms with E-state index in [9.17, 15) is 4.79 Å². The molecule has 0 aromatic carbocycles. The predicted molar refractivity (Wildman–Crippen MR) is 78.9 cm³/mol. The maximum Gasteiger partial charge on any atom is 0.257 e. The Morgan fingerprint density at radius 2 is 1.81 bits per heavy atom. The van der Waals surface area contributed by atoms with Crippen molar-refractivity contribution in [3.05, 3.63) is 17.0 Å². The highest BCUT2D eigenvalue weighted by molar-refractivity contribution is 5.96. The third-order valence-electron chi connectivity index (χ3n) is 6.02. The molecule has 1 amide bonds. The molecule has 114 valence electrons. The van der Waals surface area contributed by atoms with Crippen molar-refractivity contribution < 1.29 is 9.32 Å². The average molecular weight is 288 g/mol. The maximum atomic E-state index is 12.7. The summed E-state index contributed by atoms with van der Waals surface area (Å²) in [6, 6.07) is 0.379. The second-order valence-electron chi connectivity index (χ2n) is 7.34. The van der Waals surface area contributed by atoms with Gasteiger partial charge in [-0.25, -0.2) is 0 Å². The van der Waals surface area contributed by atoms with Crippen molar-refractivity contribution in [2.75, 3.05) is 0 Å². The van der Waals surface area contributed by atoms with Crippen LogP contribution in [0.4, 0.5) is 0 Å². The second-order valence-corrected chi connectivity index (χ2v) is 7.34. The summed E-state index contributed by atoms with van der Waals surface area (Å²) in [4.78, 5) is 12.7. The van der Waals surface area contributed by atoms with Gasteiger partial charge in [-0.15, -0.1) is 0 Å². The minimum Gasteiger partial charge on any atom is -0.361 e. The molecule has 0 radical (unpaired) electrons. The number of nitrogens with one attached hydrogen (secondary N) is 1. The summed E-state index contributed by atoms with van der Waals surface area (Å²) >= 11 is 0. The second kappa shape index (κ2) is 4.85. The zero-order valence-corrected chi connectivity index (χ0v) is 12.9. The zero-order valence-electron chi connectivity index (χ0n) is 12.9. The molecule has 4 bridgehead atoms. The molecule has 4 saturated carbocycles. The van der Waals surface area contributed by atoms with Crippen LogP contribution < -0.4 is 5.32 Å². The standard InChI is InChI=1S/C17H24N2O2/c1-3-14-15(9(2)21-19-14)17(20)18-16-12-5-10-4-11(7-12)8-13(16)6-10/h10-13,16H,3-8H2,1-2H3,(H,18,20). The average Bonchev–Trinajstić information content (AvgIpc) is 2.83. The van der Waals surface area contributed by atoms with E-state index in [4.69, 9.17) is 4.52 Å². The molecule has 1 aromatic heterocycles. The van der Waals surface area contributed by atoms with Crippen LogP contribution >= 0.6 is 0 Å². The number of amides is 1. The van der Waals surface area contributed by atoms with Crippen molar-refractivity contribution in [1.29, 1.82) is 0 Å². The fourth-order valence-electron chi connectivity index (χ4n) is 5.33. The minimum absolute atomic E-state index is 0.0306. The normalized spacial score (nSPS) is 37.0. The number of nitrogens with zero attached hydrogens (tertiary/aromatic N) is 1. The number of carbonyl (C=O) groups excluding carboxylic acids is 1. The minimum atomic E-state index is 0.0306. The highest BCUT2D eigenvalue weighted by Gasteiger charge is 2.48. The molecule has 5 rings (SSSR count). The molecule has 4 aliphatic carbocycles. The molecule has 0 atom stereocenters. The molecule has 21 heavy (non-hydrogen) atoms. The van der Waals surface area contributed by atoms with Crippen LogP contribution in [-0.4, -0.2) is 17.1 Å². The molecule has 0 unspecified atom stereocenters. The third-order valence-corrected chi connectivity index (χ3v) is 6.02. The number of aromatic nitrogens is 1. The topological polar surface area (TPSA) is 55.1 Å². The third kappa shape index (κ3) is 2.11. The molecule has 4 aliphatic rings. The summed E-state index contributed by atoms with van der Waals surface area (Å²) in [6.45, 7) is 3.84. The fourth-order valence-corrected chi connectivity index (χ4v) is 5.33. The van der Waals surface area contributed by atoms with Crippen LogP contribution in [0, 0.1) is 30.6 Å². The number of aryl methyl sites for hydroxylation is 2. The predicted octanol–water partition coefficient (Wildman–Crippen LogP) is 3.10. The molecule has 4 fully saturated rings. The van der Waals surface area contributed by atoms with Crippen molar-refractivity contribution in [2.24, 2.45) is 23.7 Å². The first-order valence-electron chi connectivity index (χ1n) is 8.41. The molecule has 0 spiro atoms. The fraction of sp³-hybridized carbons (Fsp3) is 0.765. The molecule has 1 aromatic rings. The van der Waals surface area contributed by atoms with E-state index in [0.717, 1.165) is 24.0 Å². The number of hydrogen-bond acceptors (Lipinski definition) is 3. The van der Waals surface area contributed by atoms with Gasteiger partial charge in [0.05, 0.1) is 5.69 Å². The Labute approximate surface area is 125 Å². The van der Waals surface area contributed by atoms with Crippen molar-refractivity contribution in [1.82, 2.24) is 10.5 Å². The lowest BCUT2D eigenvalue weighted by Crippen LogP contribution is -2.55. The van der Waals surface area contributed by atoms with Crippen molar-refractivity contribution in [2.45, 2.75) is 58.4 Å². The van der Waals surface area contributed by atoms with E-state index in [0.29, 0.717) is 29.2 Å². The first-order chi connectivity index (χ1) is 10.2. The van der Waals surface area contributed by atoms with Crippen LogP contribution in [0.25, 0.3) is 0 Å². The largest absolute Gasteiger partial charge is 0.361 e. The summed E-state index contributed by atoms with van der Waals surface area (Å²) in [5.74, 6) is 3.95. The Kier molecular flexibility index (Phi) is 3.09. The lowest BCUT2D eigenvalue weighted by molar-refractivity contribution is -0.0119. The highest BCUT2D eigenvalue weighted by atomic mass is 16.5. The van der Waals surface area contributed by atoms with Gasteiger partial charge in [-0.05, 0) is 69.1 Å². The molecular weight excluding hydrogens is 264 g/mol. The van der Waals surface area contributed by atoms with E-state index in [2.05, 4.69) is 10.5 Å². The Hall–Kier alpha value is -1.32. The van der Waals surface area contributed by atoms with Gasteiger partial charge in [0.25, 0.3) is 5.91 Å². The quantitative estimate of drug-likeness (QED) is 0.930. The first-order valence-corrected chi connectivity index (χ1v) is 8.41. The number of hydrogen-bond donors (Lipinski definition) is 1. The molecular formula is C17H24N2O2. The smallest absolute Gasteiger partial charge is 0.257 e. The summed E-state index contributed by atoms with van der Waals surface area (Å²) in [5.41, 5.74) is 1.46. The molecule has 1 heterocycles. The van der Waals surface area contributed by atoms with E-state index in [1.54, 1.807) is 0 Å². The lowest BCUT2D eigenvalue weighted by Gasteiger charge is -2.54. The summed E-state index contributed by atoms with van der Waals surface area (Å²) in [6.07, 6.45) is 7.46. The van der Waals surface area contributed by atoms with E-state index in [1.807, 2.05) is 13.8 Å². The zero-order chi connectivity index (χ0) is 14.6. The van der Waals surface area contributed by atoms with Gasteiger partial charge in [-0.3, -0.25) is 4.79 Å². The van der Waals surface area contributed by atoms with Crippen LogP contribution in [0.3, 0.4) is 0 Å². The van der Waals surface area contributed by atoms with E-state index in [-0.39, 0.29) is 5.91 Å². The highest BCUT2D eigenvalue weighted by Crippen LogP contribution is 2.53. The van der Waals surface area contributed by atoms with E-state index in [1.165, 1.54) is 32.1 Å². The summed E-state index contributed by atoms with van der Waals surface area (Å²) in [7, 11) is 0. The van der Waals surface area contributed by atoms with Crippen LogP contribution in [0.2, 0.25) is 0 Å². The van der Waals surface area contributed by atoms with Gasteiger partial charge in [0, 0.05) is 6.04 Å². The van der Waals surface area contributed by atoms with E-state index < -0.39 is 0 Å². The van der Waals surface area contributed by atoms with Crippen LogP contribution in [0.5, 0.6) is 0 Å². The Bertz CT molecular complexity index is 535. The van der Waals surface area contributed by atoms with Gasteiger partial charge in [0.1, 0.15) is 11.3 Å². The van der Waals surface area contributed by atoms with Gasteiger partial charge in [-0.1, -0.05) is 12.1 Å². The maximum absolute atomic E-state index is 12.7. The SMILES string of the molecule is CCc1noc(C)c1C(=O)NC1C2CC3CC(C2)CC1C3. The monoisotopic (exact) mass is 288 g/mol. The van der Waals surface area contributed by atoms with Crippen LogP contribution in [-0.2, 0) is 6.42 Å². The van der Waals surface area contributed by atoms with Crippen LogP contribution in [0.15, 0.2) is 4.52 Å². The number of carbonyl (C=O) groups is 1. The van der Waals surface area contributed by atoms with Gasteiger partial charge < -0.3 is 9.84 Å². The molecule has 0 aliphatic heterocycles. The Morgan fingerprint density at radius 1 is 1.19 bits per heavy atom. The van der Waals surface area contributed by atoms with Gasteiger partial charge >= 0.3 is 0 Å².